The van der Waals surface area contributed by atoms with Crippen molar-refractivity contribution in [1.29, 1.82) is 0 Å². The zero-order chi connectivity index (χ0) is 12.0. The smallest absolute Gasteiger partial charge is 0.126 e. The van der Waals surface area contributed by atoms with E-state index in [-0.39, 0.29) is 11.8 Å². The summed E-state index contributed by atoms with van der Waals surface area (Å²) in [5.74, 6) is -0.380. The van der Waals surface area contributed by atoms with Gasteiger partial charge in [-0.15, -0.1) is 0 Å². The second-order valence-electron chi connectivity index (χ2n) is 4.09. The van der Waals surface area contributed by atoms with Crippen LogP contribution < -0.4 is 5.32 Å². The van der Waals surface area contributed by atoms with Gasteiger partial charge in [0.25, 0.3) is 0 Å². The van der Waals surface area contributed by atoms with Crippen LogP contribution in [0.4, 0.5) is 4.39 Å². The topological polar surface area (TPSA) is 32.3 Å². The molecule has 1 rings (SSSR count). The molecule has 0 heterocycles. The van der Waals surface area contributed by atoms with Gasteiger partial charge < -0.3 is 10.4 Å². The number of benzene rings is 1. The van der Waals surface area contributed by atoms with Crippen LogP contribution >= 0.6 is 0 Å². The van der Waals surface area contributed by atoms with Gasteiger partial charge >= 0.3 is 0 Å². The molecule has 0 aromatic heterocycles. The summed E-state index contributed by atoms with van der Waals surface area (Å²) < 4.78 is 12.8. The first-order chi connectivity index (χ1) is 7.65. The van der Waals surface area contributed by atoms with Gasteiger partial charge in [-0.3, -0.25) is 0 Å². The van der Waals surface area contributed by atoms with E-state index in [1.807, 2.05) is 6.92 Å². The SMILES string of the molecule is CCCCCNC(C)c1ccc(F)cc1O. The highest BCUT2D eigenvalue weighted by Crippen LogP contribution is 2.24. The molecule has 0 spiro atoms. The van der Waals surface area contributed by atoms with E-state index >= 15 is 0 Å². The fourth-order valence-corrected chi connectivity index (χ4v) is 1.69. The van der Waals surface area contributed by atoms with E-state index in [0.717, 1.165) is 24.6 Å². The quantitative estimate of drug-likeness (QED) is 0.727. The van der Waals surface area contributed by atoms with Crippen LogP contribution in [0, 0.1) is 5.82 Å². The Morgan fingerprint density at radius 1 is 1.38 bits per heavy atom. The lowest BCUT2D eigenvalue weighted by atomic mass is 10.1. The fourth-order valence-electron chi connectivity index (χ4n) is 1.69. The van der Waals surface area contributed by atoms with Crippen molar-refractivity contribution in [1.82, 2.24) is 5.32 Å². The molecule has 1 atom stereocenters. The molecule has 16 heavy (non-hydrogen) atoms. The Morgan fingerprint density at radius 2 is 2.12 bits per heavy atom. The summed E-state index contributed by atoms with van der Waals surface area (Å²) in [7, 11) is 0. The lowest BCUT2D eigenvalue weighted by Gasteiger charge is -2.15. The Balaban J connectivity index is 2.49. The zero-order valence-electron chi connectivity index (χ0n) is 9.96. The first kappa shape index (κ1) is 13.0. The van der Waals surface area contributed by atoms with Gasteiger partial charge in [0.15, 0.2) is 0 Å². The minimum Gasteiger partial charge on any atom is -0.508 e. The molecule has 90 valence electrons. The van der Waals surface area contributed by atoms with Crippen LogP contribution in [0.25, 0.3) is 0 Å². The number of aromatic hydroxyl groups is 1. The van der Waals surface area contributed by atoms with Crippen LogP contribution in [-0.4, -0.2) is 11.7 Å². The summed E-state index contributed by atoms with van der Waals surface area (Å²) in [5.41, 5.74) is 0.748. The highest BCUT2D eigenvalue weighted by molar-refractivity contribution is 5.34. The van der Waals surface area contributed by atoms with Crippen molar-refractivity contribution in [3.8, 4) is 5.75 Å². The van der Waals surface area contributed by atoms with E-state index < -0.39 is 5.82 Å². The largest absolute Gasteiger partial charge is 0.508 e. The van der Waals surface area contributed by atoms with Gasteiger partial charge in [0.1, 0.15) is 11.6 Å². The van der Waals surface area contributed by atoms with Gasteiger partial charge in [0.05, 0.1) is 0 Å². The standard InChI is InChI=1S/C13H20FNO/c1-3-4-5-8-15-10(2)12-7-6-11(14)9-13(12)16/h6-7,9-10,15-16H,3-5,8H2,1-2H3. The zero-order valence-corrected chi connectivity index (χ0v) is 9.96. The number of rotatable bonds is 6. The summed E-state index contributed by atoms with van der Waals surface area (Å²) in [6.45, 7) is 5.06. The van der Waals surface area contributed by atoms with Gasteiger partial charge in [-0.05, 0) is 26.0 Å². The molecule has 0 fully saturated rings. The minimum absolute atomic E-state index is 0.0236. The first-order valence-corrected chi connectivity index (χ1v) is 5.87. The van der Waals surface area contributed by atoms with Crippen LogP contribution in [0.5, 0.6) is 5.75 Å². The van der Waals surface area contributed by atoms with E-state index in [2.05, 4.69) is 12.2 Å². The van der Waals surface area contributed by atoms with Gasteiger partial charge in [-0.2, -0.15) is 0 Å². The van der Waals surface area contributed by atoms with Crippen molar-refractivity contribution < 1.29 is 9.50 Å². The Labute approximate surface area is 96.5 Å². The lowest BCUT2D eigenvalue weighted by molar-refractivity contribution is 0.445. The Bertz CT molecular complexity index is 328. The number of nitrogens with one attached hydrogen (secondary N) is 1. The molecule has 1 aromatic carbocycles. The third kappa shape index (κ3) is 3.81. The molecule has 0 radical (unpaired) electrons. The molecule has 0 saturated heterocycles. The first-order valence-electron chi connectivity index (χ1n) is 5.87. The molecule has 0 aliphatic rings. The maximum absolute atomic E-state index is 12.8. The van der Waals surface area contributed by atoms with Gasteiger partial charge in [0, 0.05) is 17.7 Å². The number of unbranched alkanes of at least 4 members (excludes halogenated alkanes) is 2. The van der Waals surface area contributed by atoms with Gasteiger partial charge in [-0.25, -0.2) is 4.39 Å². The molecular formula is C13H20FNO. The minimum atomic E-state index is -0.403. The predicted molar refractivity (Wildman–Crippen MR) is 64.0 cm³/mol. The number of halogens is 1. The molecule has 1 aromatic rings. The van der Waals surface area contributed by atoms with Crippen molar-refractivity contribution in [2.75, 3.05) is 6.54 Å². The summed E-state index contributed by atoms with van der Waals surface area (Å²) in [6.07, 6.45) is 3.52. The average molecular weight is 225 g/mol. The van der Waals surface area contributed by atoms with Crippen molar-refractivity contribution in [3.63, 3.8) is 0 Å². The molecule has 1 unspecified atom stereocenters. The fraction of sp³-hybridized carbons (Fsp3) is 0.538. The number of phenolic OH excluding ortho intramolecular Hbond substituents is 1. The summed E-state index contributed by atoms with van der Waals surface area (Å²) in [5, 5.41) is 12.9. The van der Waals surface area contributed by atoms with Crippen LogP contribution in [0.15, 0.2) is 18.2 Å². The second-order valence-corrected chi connectivity index (χ2v) is 4.09. The number of phenols is 1. The highest BCUT2D eigenvalue weighted by Gasteiger charge is 2.09. The van der Waals surface area contributed by atoms with Crippen LogP contribution in [-0.2, 0) is 0 Å². The lowest BCUT2D eigenvalue weighted by Crippen LogP contribution is -2.19. The molecule has 3 heteroatoms. The maximum Gasteiger partial charge on any atom is 0.126 e. The van der Waals surface area contributed by atoms with Crippen molar-refractivity contribution in [2.24, 2.45) is 0 Å². The number of hydrogen-bond acceptors (Lipinski definition) is 2. The second kappa shape index (κ2) is 6.48. The summed E-state index contributed by atoms with van der Waals surface area (Å²) in [4.78, 5) is 0. The Kier molecular flexibility index (Phi) is 5.26. The van der Waals surface area contributed by atoms with Crippen LogP contribution in [0.1, 0.15) is 44.7 Å². The van der Waals surface area contributed by atoms with E-state index in [4.69, 9.17) is 0 Å². The molecular weight excluding hydrogens is 205 g/mol. The van der Waals surface area contributed by atoms with Crippen molar-refractivity contribution in [3.05, 3.63) is 29.6 Å². The van der Waals surface area contributed by atoms with E-state index in [1.54, 1.807) is 6.07 Å². The molecule has 2 nitrogen and oxygen atoms in total. The number of hydrogen-bond donors (Lipinski definition) is 2. The van der Waals surface area contributed by atoms with E-state index in [0.29, 0.717) is 0 Å². The third-order valence-electron chi connectivity index (χ3n) is 2.69. The Morgan fingerprint density at radius 3 is 2.75 bits per heavy atom. The molecule has 0 aliphatic heterocycles. The summed E-state index contributed by atoms with van der Waals surface area (Å²) >= 11 is 0. The molecule has 2 N–H and O–H groups in total. The normalized spacial score (nSPS) is 12.7. The highest BCUT2D eigenvalue weighted by atomic mass is 19.1. The molecule has 0 saturated carbocycles. The monoisotopic (exact) mass is 225 g/mol. The van der Waals surface area contributed by atoms with Gasteiger partial charge in [0.2, 0.25) is 0 Å². The average Bonchev–Trinajstić information content (AvgIpc) is 2.24. The van der Waals surface area contributed by atoms with Gasteiger partial charge in [-0.1, -0.05) is 25.8 Å². The molecule has 0 bridgehead atoms. The third-order valence-corrected chi connectivity index (χ3v) is 2.69. The Hall–Kier alpha value is -1.09. The maximum atomic E-state index is 12.8. The van der Waals surface area contributed by atoms with E-state index in [1.165, 1.54) is 18.9 Å². The summed E-state index contributed by atoms with van der Waals surface area (Å²) in [6, 6.07) is 4.21. The van der Waals surface area contributed by atoms with E-state index in [9.17, 15) is 9.50 Å². The van der Waals surface area contributed by atoms with Crippen molar-refractivity contribution >= 4 is 0 Å². The molecule has 0 amide bonds. The van der Waals surface area contributed by atoms with Crippen LogP contribution in [0.2, 0.25) is 0 Å². The predicted octanol–water partition coefficient (Wildman–Crippen LogP) is 3.37. The van der Waals surface area contributed by atoms with Crippen LogP contribution in [0.3, 0.4) is 0 Å². The van der Waals surface area contributed by atoms with Crippen molar-refractivity contribution in [2.45, 2.75) is 39.2 Å². The molecule has 0 aliphatic carbocycles.